The van der Waals surface area contributed by atoms with E-state index in [2.05, 4.69) is 0 Å². The molecule has 6 heteroatoms. The molecule has 0 N–H and O–H groups in total. The molecule has 6 nitrogen and oxygen atoms in total. The van der Waals surface area contributed by atoms with Crippen molar-refractivity contribution >= 4 is 23.6 Å². The molecule has 132 valence electrons. The molecule has 0 bridgehead atoms. The minimum atomic E-state index is -0.674. The molecular weight excluding hydrogens is 334 g/mol. The fourth-order valence-electron chi connectivity index (χ4n) is 2.72. The lowest BCUT2D eigenvalue weighted by atomic mass is 10.1. The van der Waals surface area contributed by atoms with Crippen molar-refractivity contribution < 1.29 is 24.0 Å². The van der Waals surface area contributed by atoms with Crippen molar-refractivity contribution in [2.45, 2.75) is 25.7 Å². The summed E-state index contributed by atoms with van der Waals surface area (Å²) in [6.45, 7) is 0. The molecule has 0 atom stereocenters. The minimum absolute atomic E-state index is 0.0133. The third-order valence-corrected chi connectivity index (χ3v) is 4.08. The number of hydrogen-bond donors (Lipinski definition) is 0. The van der Waals surface area contributed by atoms with Crippen molar-refractivity contribution in [3.8, 4) is 0 Å². The number of amides is 2. The van der Waals surface area contributed by atoms with E-state index in [0.717, 1.165) is 0 Å². The van der Waals surface area contributed by atoms with Crippen LogP contribution in [-0.4, -0.2) is 28.6 Å². The highest BCUT2D eigenvalue weighted by atomic mass is 16.7. The smallest absolute Gasteiger partial charge is 0.330 e. The fourth-order valence-corrected chi connectivity index (χ4v) is 2.72. The van der Waals surface area contributed by atoms with Crippen molar-refractivity contribution in [2.75, 3.05) is 0 Å². The van der Waals surface area contributed by atoms with Crippen LogP contribution in [0.5, 0.6) is 0 Å². The zero-order chi connectivity index (χ0) is 18.5. The average Bonchev–Trinajstić information content (AvgIpc) is 2.91. The summed E-state index contributed by atoms with van der Waals surface area (Å²) in [7, 11) is 0. The monoisotopic (exact) mass is 351 g/mol. The maximum Gasteiger partial charge on any atom is 0.333 e. The maximum atomic E-state index is 12.1. The Bertz CT molecular complexity index is 825. The second kappa shape index (κ2) is 7.74. The van der Waals surface area contributed by atoms with Crippen LogP contribution >= 0.6 is 0 Å². The molecule has 3 rings (SSSR count). The van der Waals surface area contributed by atoms with Crippen molar-refractivity contribution in [1.82, 2.24) is 5.06 Å². The van der Waals surface area contributed by atoms with E-state index < -0.39 is 17.8 Å². The summed E-state index contributed by atoms with van der Waals surface area (Å²) in [6, 6.07) is 15.2. The Hall–Kier alpha value is -3.28. The van der Waals surface area contributed by atoms with Crippen LogP contribution in [0.15, 0.2) is 54.6 Å². The van der Waals surface area contributed by atoms with Crippen LogP contribution in [0.25, 0.3) is 0 Å². The number of imide groups is 1. The van der Waals surface area contributed by atoms with Crippen molar-refractivity contribution in [3.63, 3.8) is 0 Å². The quantitative estimate of drug-likeness (QED) is 0.435. The van der Waals surface area contributed by atoms with Crippen LogP contribution in [0.3, 0.4) is 0 Å². The van der Waals surface area contributed by atoms with Gasteiger partial charge < -0.3 is 4.84 Å². The predicted octanol–water partition coefficient (Wildman–Crippen LogP) is 3.18. The minimum Gasteiger partial charge on any atom is -0.330 e. The molecule has 2 aromatic rings. The topological polar surface area (TPSA) is 80.8 Å². The summed E-state index contributed by atoms with van der Waals surface area (Å²) in [6.07, 6.45) is 1.30. The van der Waals surface area contributed by atoms with E-state index in [1.807, 2.05) is 6.07 Å². The Morgan fingerprint density at radius 1 is 0.769 bits per heavy atom. The zero-order valence-electron chi connectivity index (χ0n) is 14.0. The largest absolute Gasteiger partial charge is 0.333 e. The lowest BCUT2D eigenvalue weighted by Gasteiger charge is -2.12. The summed E-state index contributed by atoms with van der Waals surface area (Å²) < 4.78 is 0. The first kappa shape index (κ1) is 17.5. The summed E-state index contributed by atoms with van der Waals surface area (Å²) >= 11 is 0. The van der Waals surface area contributed by atoms with Crippen LogP contribution in [0.1, 0.15) is 56.8 Å². The van der Waals surface area contributed by atoms with Gasteiger partial charge in [0.05, 0.1) is 11.1 Å². The SMILES string of the molecule is O=C(CCCCC(=O)c1ccccc1)ON1C(=O)c2ccccc2C1=O. The molecule has 1 aliphatic heterocycles. The number of Topliss-reactive ketones (excluding diaryl/α,β-unsaturated/α-hetero) is 1. The first-order chi connectivity index (χ1) is 12.6. The van der Waals surface area contributed by atoms with Gasteiger partial charge in [-0.15, -0.1) is 0 Å². The maximum absolute atomic E-state index is 12.1. The van der Waals surface area contributed by atoms with E-state index >= 15 is 0 Å². The molecule has 1 heterocycles. The average molecular weight is 351 g/mol. The Labute approximate surface area is 150 Å². The fraction of sp³-hybridized carbons (Fsp3) is 0.200. The number of unbranched alkanes of at least 4 members (excludes halogenated alkanes) is 1. The third-order valence-electron chi connectivity index (χ3n) is 4.08. The number of benzene rings is 2. The standard InChI is InChI=1S/C20H17NO5/c22-17(14-8-2-1-3-9-14)12-6-7-13-18(23)26-21-19(24)15-10-4-5-11-16(15)20(21)25/h1-5,8-11H,6-7,12-13H2. The highest BCUT2D eigenvalue weighted by Gasteiger charge is 2.38. The van der Waals surface area contributed by atoms with Gasteiger partial charge in [0.15, 0.2) is 5.78 Å². The van der Waals surface area contributed by atoms with Gasteiger partial charge in [-0.25, -0.2) is 4.79 Å². The lowest BCUT2D eigenvalue weighted by Crippen LogP contribution is -2.32. The number of carbonyl (C=O) groups is 4. The van der Waals surface area contributed by atoms with Gasteiger partial charge in [0.1, 0.15) is 0 Å². The molecule has 0 fully saturated rings. The van der Waals surface area contributed by atoms with Gasteiger partial charge in [-0.05, 0) is 25.0 Å². The molecule has 0 unspecified atom stereocenters. The van der Waals surface area contributed by atoms with Gasteiger partial charge in [-0.1, -0.05) is 47.5 Å². The van der Waals surface area contributed by atoms with Crippen molar-refractivity contribution in [2.24, 2.45) is 0 Å². The van der Waals surface area contributed by atoms with Gasteiger partial charge in [0.2, 0.25) is 0 Å². The highest BCUT2D eigenvalue weighted by molar-refractivity contribution is 6.20. The van der Waals surface area contributed by atoms with E-state index in [-0.39, 0.29) is 23.3 Å². The Morgan fingerprint density at radius 2 is 1.31 bits per heavy atom. The van der Waals surface area contributed by atoms with Crippen LogP contribution in [0.2, 0.25) is 0 Å². The summed E-state index contributed by atoms with van der Waals surface area (Å²) in [5.41, 5.74) is 1.08. The van der Waals surface area contributed by atoms with E-state index in [4.69, 9.17) is 4.84 Å². The normalized spacial score (nSPS) is 12.8. The molecule has 0 radical (unpaired) electrons. The Balaban J connectivity index is 1.45. The van der Waals surface area contributed by atoms with Crippen LogP contribution < -0.4 is 0 Å². The molecule has 26 heavy (non-hydrogen) atoms. The van der Waals surface area contributed by atoms with Gasteiger partial charge in [0, 0.05) is 18.4 Å². The highest BCUT2D eigenvalue weighted by Crippen LogP contribution is 2.23. The molecular formula is C20H17NO5. The number of carbonyl (C=O) groups excluding carboxylic acids is 4. The molecule has 0 saturated heterocycles. The molecule has 1 aliphatic rings. The summed E-state index contributed by atoms with van der Waals surface area (Å²) in [5, 5.41) is 0.502. The molecule has 0 aliphatic carbocycles. The van der Waals surface area contributed by atoms with Crippen molar-refractivity contribution in [3.05, 3.63) is 71.3 Å². The van der Waals surface area contributed by atoms with E-state index in [0.29, 0.717) is 29.9 Å². The van der Waals surface area contributed by atoms with Gasteiger partial charge in [-0.3, -0.25) is 14.4 Å². The van der Waals surface area contributed by atoms with Gasteiger partial charge >= 0.3 is 5.97 Å². The van der Waals surface area contributed by atoms with Crippen LogP contribution in [-0.2, 0) is 9.63 Å². The van der Waals surface area contributed by atoms with Gasteiger partial charge in [-0.2, -0.15) is 0 Å². The predicted molar refractivity (Wildman–Crippen MR) is 92.3 cm³/mol. The van der Waals surface area contributed by atoms with E-state index in [1.165, 1.54) is 12.1 Å². The zero-order valence-corrected chi connectivity index (χ0v) is 14.0. The number of rotatable bonds is 7. The second-order valence-corrected chi connectivity index (χ2v) is 5.91. The summed E-state index contributed by atoms with van der Waals surface area (Å²) in [5.74, 6) is -1.94. The third kappa shape index (κ3) is 3.69. The lowest BCUT2D eigenvalue weighted by molar-refractivity contribution is -0.168. The van der Waals surface area contributed by atoms with E-state index in [1.54, 1.807) is 36.4 Å². The molecule has 0 saturated carbocycles. The first-order valence-corrected chi connectivity index (χ1v) is 8.35. The summed E-state index contributed by atoms with van der Waals surface area (Å²) in [4.78, 5) is 53.0. The number of fused-ring (bicyclic) bond motifs is 1. The number of hydroxylamine groups is 2. The Kier molecular flexibility index (Phi) is 5.22. The van der Waals surface area contributed by atoms with Crippen molar-refractivity contribution in [1.29, 1.82) is 0 Å². The second-order valence-electron chi connectivity index (χ2n) is 5.91. The van der Waals surface area contributed by atoms with E-state index in [9.17, 15) is 19.2 Å². The van der Waals surface area contributed by atoms with Crippen LogP contribution in [0.4, 0.5) is 0 Å². The first-order valence-electron chi connectivity index (χ1n) is 8.35. The number of ketones is 1. The van der Waals surface area contributed by atoms with Gasteiger partial charge in [0.25, 0.3) is 11.8 Å². The van der Waals surface area contributed by atoms with Crippen LogP contribution in [0, 0.1) is 0 Å². The molecule has 2 aromatic carbocycles. The molecule has 0 aromatic heterocycles. The molecule has 0 spiro atoms. The Morgan fingerprint density at radius 3 is 1.92 bits per heavy atom. The number of nitrogens with zero attached hydrogens (tertiary/aromatic N) is 1. The molecule has 2 amide bonds. The number of hydrogen-bond acceptors (Lipinski definition) is 5.